The van der Waals surface area contributed by atoms with Crippen molar-refractivity contribution in [3.8, 4) is 0 Å². The first-order chi connectivity index (χ1) is 9.63. The highest BCUT2D eigenvalue weighted by atomic mass is 35.5. The minimum atomic E-state index is 0. The largest absolute Gasteiger partial charge is 0.326 e. The Kier molecular flexibility index (Phi) is 5.19. The molecule has 1 saturated heterocycles. The zero-order valence-electron chi connectivity index (χ0n) is 12.2. The van der Waals surface area contributed by atoms with E-state index >= 15 is 0 Å². The van der Waals surface area contributed by atoms with Crippen molar-refractivity contribution in [2.24, 2.45) is 5.92 Å². The van der Waals surface area contributed by atoms with Crippen LogP contribution in [-0.4, -0.2) is 24.0 Å². The number of nitrogens with zero attached hydrogens (tertiary/aromatic N) is 1. The lowest BCUT2D eigenvalue weighted by atomic mass is 10.1. The van der Waals surface area contributed by atoms with E-state index in [1.165, 1.54) is 0 Å². The van der Waals surface area contributed by atoms with E-state index in [-0.39, 0.29) is 24.2 Å². The number of fused-ring (bicyclic) bond motifs is 1. The van der Waals surface area contributed by atoms with Crippen LogP contribution in [0.25, 0.3) is 10.2 Å². The second kappa shape index (κ2) is 6.73. The van der Waals surface area contributed by atoms with Crippen molar-refractivity contribution in [3.63, 3.8) is 0 Å². The van der Waals surface area contributed by atoms with Crippen LogP contribution in [0.15, 0.2) is 18.2 Å². The van der Waals surface area contributed by atoms with Crippen molar-refractivity contribution in [1.82, 2.24) is 10.3 Å². The van der Waals surface area contributed by atoms with Crippen molar-refractivity contribution in [2.75, 3.05) is 18.4 Å². The molecule has 0 aliphatic carbocycles. The predicted octanol–water partition coefficient (Wildman–Crippen LogP) is 3.39. The third kappa shape index (κ3) is 3.54. The maximum atomic E-state index is 12.1. The molecule has 1 aromatic carbocycles. The number of rotatable bonds is 3. The summed E-state index contributed by atoms with van der Waals surface area (Å²) in [7, 11) is 0. The Balaban J connectivity index is 0.00000161. The van der Waals surface area contributed by atoms with Crippen LogP contribution in [0.2, 0.25) is 0 Å². The van der Waals surface area contributed by atoms with E-state index < -0.39 is 0 Å². The van der Waals surface area contributed by atoms with Gasteiger partial charge in [-0.1, -0.05) is 13.8 Å². The summed E-state index contributed by atoms with van der Waals surface area (Å²) >= 11 is 1.70. The summed E-state index contributed by atoms with van der Waals surface area (Å²) in [4.78, 5) is 16.7. The topological polar surface area (TPSA) is 54.0 Å². The van der Waals surface area contributed by atoms with Crippen LogP contribution in [0.5, 0.6) is 0 Å². The van der Waals surface area contributed by atoms with Crippen molar-refractivity contribution in [1.29, 1.82) is 0 Å². The monoisotopic (exact) mass is 325 g/mol. The molecule has 1 unspecified atom stereocenters. The van der Waals surface area contributed by atoms with Gasteiger partial charge in [0.1, 0.15) is 0 Å². The third-order valence-electron chi connectivity index (χ3n) is 3.60. The maximum absolute atomic E-state index is 12.1. The van der Waals surface area contributed by atoms with Gasteiger partial charge >= 0.3 is 0 Å². The molecule has 1 aliphatic rings. The first-order valence-electron chi connectivity index (χ1n) is 7.05. The van der Waals surface area contributed by atoms with E-state index in [0.717, 1.165) is 40.4 Å². The molecule has 1 aromatic heterocycles. The number of benzene rings is 1. The van der Waals surface area contributed by atoms with Gasteiger partial charge in [0, 0.05) is 18.2 Å². The normalized spacial score (nSPS) is 18.0. The molecule has 1 amide bonds. The zero-order valence-corrected chi connectivity index (χ0v) is 13.8. The summed E-state index contributed by atoms with van der Waals surface area (Å²) in [5.74, 6) is 0.649. The number of carbonyl (C=O) groups is 1. The summed E-state index contributed by atoms with van der Waals surface area (Å²) in [6, 6.07) is 5.95. The first kappa shape index (κ1) is 16.2. The molecular formula is C15H20ClN3OS. The van der Waals surface area contributed by atoms with Crippen LogP contribution in [0.4, 0.5) is 5.69 Å². The highest BCUT2D eigenvalue weighted by molar-refractivity contribution is 7.18. The molecule has 21 heavy (non-hydrogen) atoms. The molecule has 0 radical (unpaired) electrons. The molecule has 1 fully saturated rings. The fourth-order valence-electron chi connectivity index (χ4n) is 2.39. The quantitative estimate of drug-likeness (QED) is 0.909. The number of anilines is 1. The molecular weight excluding hydrogens is 306 g/mol. The Bertz CT molecular complexity index is 635. The Morgan fingerprint density at radius 3 is 2.95 bits per heavy atom. The number of nitrogens with one attached hydrogen (secondary N) is 2. The van der Waals surface area contributed by atoms with Crippen LogP contribution in [0.1, 0.15) is 31.2 Å². The Hall–Kier alpha value is -1.17. The van der Waals surface area contributed by atoms with Gasteiger partial charge in [0.15, 0.2) is 0 Å². The third-order valence-corrected chi connectivity index (χ3v) is 4.92. The SMILES string of the molecule is CC(C)c1nc2ccc(NC(=O)C3CCNC3)cc2s1.Cl. The van der Waals surface area contributed by atoms with Gasteiger partial charge in [-0.25, -0.2) is 4.98 Å². The summed E-state index contributed by atoms with van der Waals surface area (Å²) in [5.41, 5.74) is 1.88. The number of halogens is 1. The van der Waals surface area contributed by atoms with Crippen LogP contribution in [0, 0.1) is 5.92 Å². The molecule has 0 saturated carbocycles. The van der Waals surface area contributed by atoms with E-state index in [1.807, 2.05) is 18.2 Å². The van der Waals surface area contributed by atoms with Crippen molar-refractivity contribution >= 4 is 45.6 Å². The predicted molar refractivity (Wildman–Crippen MR) is 90.6 cm³/mol. The second-order valence-electron chi connectivity index (χ2n) is 5.57. The Morgan fingerprint density at radius 1 is 1.48 bits per heavy atom. The number of thiazole rings is 1. The maximum Gasteiger partial charge on any atom is 0.228 e. The van der Waals surface area contributed by atoms with Gasteiger partial charge in [-0.15, -0.1) is 23.7 Å². The number of hydrogen-bond donors (Lipinski definition) is 2. The van der Waals surface area contributed by atoms with Gasteiger partial charge in [-0.2, -0.15) is 0 Å². The average molecular weight is 326 g/mol. The first-order valence-corrected chi connectivity index (χ1v) is 7.87. The lowest BCUT2D eigenvalue weighted by Gasteiger charge is -2.09. The Labute approximate surface area is 134 Å². The second-order valence-corrected chi connectivity index (χ2v) is 6.63. The minimum absolute atomic E-state index is 0. The average Bonchev–Trinajstić information content (AvgIpc) is 3.07. The lowest BCUT2D eigenvalue weighted by molar-refractivity contribution is -0.119. The lowest BCUT2D eigenvalue weighted by Crippen LogP contribution is -2.24. The fourth-order valence-corrected chi connectivity index (χ4v) is 3.40. The van der Waals surface area contributed by atoms with E-state index in [4.69, 9.17) is 0 Å². The smallest absolute Gasteiger partial charge is 0.228 e. The van der Waals surface area contributed by atoms with Crippen LogP contribution < -0.4 is 10.6 Å². The summed E-state index contributed by atoms with van der Waals surface area (Å²) in [6.45, 7) is 6.01. The highest BCUT2D eigenvalue weighted by Gasteiger charge is 2.22. The van der Waals surface area contributed by atoms with E-state index in [9.17, 15) is 4.79 Å². The molecule has 0 bridgehead atoms. The molecule has 2 heterocycles. The van der Waals surface area contributed by atoms with Gasteiger partial charge in [-0.3, -0.25) is 4.79 Å². The highest BCUT2D eigenvalue weighted by Crippen LogP contribution is 2.29. The van der Waals surface area contributed by atoms with Gasteiger partial charge in [-0.05, 0) is 31.2 Å². The molecule has 6 heteroatoms. The molecule has 114 valence electrons. The molecule has 2 N–H and O–H groups in total. The fraction of sp³-hybridized carbons (Fsp3) is 0.467. The molecule has 0 spiro atoms. The van der Waals surface area contributed by atoms with Gasteiger partial charge in [0.05, 0.1) is 21.1 Å². The summed E-state index contributed by atoms with van der Waals surface area (Å²) in [5, 5.41) is 7.37. The number of aromatic nitrogens is 1. The van der Waals surface area contributed by atoms with Crippen molar-refractivity contribution < 1.29 is 4.79 Å². The van der Waals surface area contributed by atoms with Crippen molar-refractivity contribution in [2.45, 2.75) is 26.2 Å². The molecule has 4 nitrogen and oxygen atoms in total. The Morgan fingerprint density at radius 2 is 2.29 bits per heavy atom. The number of hydrogen-bond acceptors (Lipinski definition) is 4. The van der Waals surface area contributed by atoms with E-state index in [0.29, 0.717) is 5.92 Å². The van der Waals surface area contributed by atoms with E-state index in [2.05, 4.69) is 29.5 Å². The van der Waals surface area contributed by atoms with Gasteiger partial charge < -0.3 is 10.6 Å². The van der Waals surface area contributed by atoms with E-state index in [1.54, 1.807) is 11.3 Å². The minimum Gasteiger partial charge on any atom is -0.326 e. The summed E-state index contributed by atoms with van der Waals surface area (Å²) < 4.78 is 1.14. The van der Waals surface area contributed by atoms with Crippen LogP contribution >= 0.6 is 23.7 Å². The molecule has 2 aromatic rings. The van der Waals surface area contributed by atoms with Crippen molar-refractivity contribution in [3.05, 3.63) is 23.2 Å². The summed E-state index contributed by atoms with van der Waals surface area (Å²) in [6.07, 6.45) is 0.923. The van der Waals surface area contributed by atoms with Gasteiger partial charge in [0.2, 0.25) is 5.91 Å². The standard InChI is InChI=1S/C15H19N3OS.ClH/c1-9(2)15-18-12-4-3-11(7-13(12)20-15)17-14(19)10-5-6-16-8-10;/h3-4,7,9-10,16H,5-6,8H2,1-2H3,(H,17,19);1H. The number of carbonyl (C=O) groups excluding carboxylic acids is 1. The molecule has 3 rings (SSSR count). The van der Waals surface area contributed by atoms with Crippen LogP contribution in [0.3, 0.4) is 0 Å². The number of amides is 1. The molecule has 1 aliphatic heterocycles. The van der Waals surface area contributed by atoms with Gasteiger partial charge in [0.25, 0.3) is 0 Å². The van der Waals surface area contributed by atoms with Crippen LogP contribution in [-0.2, 0) is 4.79 Å². The molecule has 1 atom stereocenters. The zero-order chi connectivity index (χ0) is 14.1.